The van der Waals surface area contributed by atoms with Crippen molar-refractivity contribution in [2.75, 3.05) is 5.32 Å². The van der Waals surface area contributed by atoms with Crippen LogP contribution in [-0.2, 0) is 6.42 Å². The summed E-state index contributed by atoms with van der Waals surface area (Å²) in [5, 5.41) is 3.00. The third-order valence-corrected chi connectivity index (χ3v) is 4.26. The Kier molecular flexibility index (Phi) is 4.15. The minimum absolute atomic E-state index is 0.125. The molecule has 0 aliphatic heterocycles. The van der Waals surface area contributed by atoms with Crippen LogP contribution in [0.15, 0.2) is 42.6 Å². The number of carbonyl (C=O) groups is 1. The number of fused-ring (bicyclic) bond motifs is 1. The van der Waals surface area contributed by atoms with Gasteiger partial charge in [0.2, 0.25) is 0 Å². The third kappa shape index (κ3) is 2.72. The lowest BCUT2D eigenvalue weighted by Crippen LogP contribution is -2.17. The average Bonchev–Trinajstić information content (AvgIpc) is 2.88. The zero-order valence-electron chi connectivity index (χ0n) is 12.4. The van der Waals surface area contributed by atoms with Crippen LogP contribution in [0.25, 0.3) is 5.65 Å². The number of aryl methyl sites for hydroxylation is 2. The van der Waals surface area contributed by atoms with Crippen LogP contribution in [0.1, 0.15) is 28.7 Å². The van der Waals surface area contributed by atoms with E-state index in [0.29, 0.717) is 5.69 Å². The third-order valence-electron chi connectivity index (χ3n) is 3.59. The molecular formula is C17H16IN3O. The summed E-state index contributed by atoms with van der Waals surface area (Å²) in [5.74, 6) is -0.125. The Labute approximate surface area is 142 Å². The number of hydrogen-bond acceptors (Lipinski definition) is 2. The molecular weight excluding hydrogens is 389 g/mol. The van der Waals surface area contributed by atoms with Gasteiger partial charge in [0.15, 0.2) is 0 Å². The molecule has 22 heavy (non-hydrogen) atoms. The predicted molar refractivity (Wildman–Crippen MR) is 96.4 cm³/mol. The second-order valence-electron chi connectivity index (χ2n) is 5.10. The molecule has 4 nitrogen and oxygen atoms in total. The van der Waals surface area contributed by atoms with E-state index in [0.717, 1.165) is 32.6 Å². The fourth-order valence-electron chi connectivity index (χ4n) is 2.48. The molecule has 0 radical (unpaired) electrons. The van der Waals surface area contributed by atoms with Gasteiger partial charge in [-0.25, -0.2) is 4.98 Å². The van der Waals surface area contributed by atoms with Gasteiger partial charge in [0, 0.05) is 15.5 Å². The van der Waals surface area contributed by atoms with Crippen LogP contribution in [-0.4, -0.2) is 15.3 Å². The van der Waals surface area contributed by atoms with E-state index in [1.807, 2.05) is 60.8 Å². The minimum Gasteiger partial charge on any atom is -0.320 e. The molecule has 0 saturated heterocycles. The van der Waals surface area contributed by atoms with Crippen LogP contribution >= 0.6 is 22.6 Å². The van der Waals surface area contributed by atoms with Gasteiger partial charge in [0.1, 0.15) is 11.3 Å². The van der Waals surface area contributed by atoms with Crippen molar-refractivity contribution in [1.29, 1.82) is 0 Å². The van der Waals surface area contributed by atoms with Gasteiger partial charge in [-0.1, -0.05) is 13.0 Å². The molecule has 112 valence electrons. The second kappa shape index (κ2) is 6.08. The Bertz CT molecular complexity index is 854. The lowest BCUT2D eigenvalue weighted by Gasteiger charge is -2.09. The number of carbonyl (C=O) groups excluding carboxylic acids is 1. The lowest BCUT2D eigenvalue weighted by atomic mass is 10.2. The number of benzene rings is 1. The summed E-state index contributed by atoms with van der Waals surface area (Å²) in [5.41, 5.74) is 4.09. The fraction of sp³-hybridized carbons (Fsp3) is 0.176. The summed E-state index contributed by atoms with van der Waals surface area (Å²) in [6, 6.07) is 11.7. The summed E-state index contributed by atoms with van der Waals surface area (Å²) < 4.78 is 2.99. The normalized spacial score (nSPS) is 10.9. The van der Waals surface area contributed by atoms with Crippen LogP contribution in [0.4, 0.5) is 5.69 Å². The van der Waals surface area contributed by atoms with Crippen molar-refractivity contribution in [3.63, 3.8) is 0 Å². The van der Waals surface area contributed by atoms with Crippen LogP contribution in [0.2, 0.25) is 0 Å². The summed E-state index contributed by atoms with van der Waals surface area (Å²) in [6.07, 6.45) is 2.59. The first-order valence-electron chi connectivity index (χ1n) is 7.13. The van der Waals surface area contributed by atoms with Gasteiger partial charge in [-0.15, -0.1) is 0 Å². The molecule has 1 aromatic carbocycles. The molecule has 1 amide bonds. The highest BCUT2D eigenvalue weighted by atomic mass is 127. The van der Waals surface area contributed by atoms with Crippen molar-refractivity contribution >= 4 is 39.8 Å². The highest BCUT2D eigenvalue weighted by Crippen LogP contribution is 2.20. The molecule has 0 fully saturated rings. The number of amides is 1. The monoisotopic (exact) mass is 405 g/mol. The molecule has 2 aromatic heterocycles. The molecule has 0 unspecified atom stereocenters. The van der Waals surface area contributed by atoms with Crippen LogP contribution in [0, 0.1) is 10.5 Å². The first kappa shape index (κ1) is 15.0. The van der Waals surface area contributed by atoms with E-state index >= 15 is 0 Å². The maximum absolute atomic E-state index is 12.7. The fourth-order valence-corrected chi connectivity index (χ4v) is 3.13. The van der Waals surface area contributed by atoms with E-state index in [2.05, 4.69) is 32.9 Å². The molecule has 0 aliphatic rings. The molecule has 0 bridgehead atoms. The van der Waals surface area contributed by atoms with Gasteiger partial charge in [0.05, 0.1) is 5.69 Å². The van der Waals surface area contributed by atoms with E-state index in [9.17, 15) is 4.79 Å². The van der Waals surface area contributed by atoms with Crippen LogP contribution < -0.4 is 5.32 Å². The summed E-state index contributed by atoms with van der Waals surface area (Å²) in [7, 11) is 0. The number of imidazole rings is 1. The summed E-state index contributed by atoms with van der Waals surface area (Å²) >= 11 is 2.26. The molecule has 5 heteroatoms. The van der Waals surface area contributed by atoms with E-state index in [1.54, 1.807) is 0 Å². The molecule has 1 N–H and O–H groups in total. The Morgan fingerprint density at radius 2 is 2.14 bits per heavy atom. The first-order valence-corrected chi connectivity index (χ1v) is 8.21. The highest BCUT2D eigenvalue weighted by molar-refractivity contribution is 14.1. The average molecular weight is 405 g/mol. The number of nitrogens with one attached hydrogen (secondary N) is 1. The zero-order valence-corrected chi connectivity index (χ0v) is 14.6. The predicted octanol–water partition coefficient (Wildman–Crippen LogP) is 4.06. The minimum atomic E-state index is -0.125. The largest absolute Gasteiger partial charge is 0.320 e. The lowest BCUT2D eigenvalue weighted by molar-refractivity contribution is 0.102. The SMILES string of the molecule is CCc1nc2ccccn2c1C(=O)Nc1ccc(I)cc1C. The zero-order chi connectivity index (χ0) is 15.7. The van der Waals surface area contributed by atoms with E-state index < -0.39 is 0 Å². The van der Waals surface area contributed by atoms with E-state index in [4.69, 9.17) is 0 Å². The Morgan fingerprint density at radius 3 is 2.86 bits per heavy atom. The van der Waals surface area contributed by atoms with Gasteiger partial charge < -0.3 is 5.32 Å². The maximum Gasteiger partial charge on any atom is 0.274 e. The summed E-state index contributed by atoms with van der Waals surface area (Å²) in [6.45, 7) is 4.00. The quantitative estimate of drug-likeness (QED) is 0.669. The molecule has 3 aromatic rings. The van der Waals surface area contributed by atoms with Crippen molar-refractivity contribution in [3.8, 4) is 0 Å². The molecule has 3 rings (SSSR count). The Hall–Kier alpha value is -1.89. The topological polar surface area (TPSA) is 46.4 Å². The molecule has 0 saturated carbocycles. The maximum atomic E-state index is 12.7. The van der Waals surface area contributed by atoms with Crippen molar-refractivity contribution in [1.82, 2.24) is 9.38 Å². The van der Waals surface area contributed by atoms with Gasteiger partial charge >= 0.3 is 0 Å². The highest BCUT2D eigenvalue weighted by Gasteiger charge is 2.18. The Morgan fingerprint density at radius 1 is 1.32 bits per heavy atom. The van der Waals surface area contributed by atoms with Crippen molar-refractivity contribution in [3.05, 3.63) is 63.1 Å². The van der Waals surface area contributed by atoms with Crippen molar-refractivity contribution < 1.29 is 4.79 Å². The van der Waals surface area contributed by atoms with Crippen molar-refractivity contribution in [2.45, 2.75) is 20.3 Å². The van der Waals surface area contributed by atoms with Gasteiger partial charge in [-0.05, 0) is 71.8 Å². The van der Waals surface area contributed by atoms with E-state index in [-0.39, 0.29) is 5.91 Å². The smallest absolute Gasteiger partial charge is 0.274 e. The Balaban J connectivity index is 2.01. The number of anilines is 1. The molecule has 0 spiro atoms. The van der Waals surface area contributed by atoms with Crippen LogP contribution in [0.5, 0.6) is 0 Å². The second-order valence-corrected chi connectivity index (χ2v) is 6.35. The molecule has 2 heterocycles. The van der Waals surface area contributed by atoms with Gasteiger partial charge in [0.25, 0.3) is 5.91 Å². The van der Waals surface area contributed by atoms with Gasteiger partial charge in [-0.2, -0.15) is 0 Å². The summed E-state index contributed by atoms with van der Waals surface area (Å²) in [4.78, 5) is 17.3. The number of nitrogens with zero attached hydrogens (tertiary/aromatic N) is 2. The molecule has 0 atom stereocenters. The van der Waals surface area contributed by atoms with Gasteiger partial charge in [-0.3, -0.25) is 9.20 Å². The van der Waals surface area contributed by atoms with Crippen molar-refractivity contribution in [2.24, 2.45) is 0 Å². The number of aromatic nitrogens is 2. The number of hydrogen-bond donors (Lipinski definition) is 1. The van der Waals surface area contributed by atoms with Crippen LogP contribution in [0.3, 0.4) is 0 Å². The number of pyridine rings is 1. The first-order chi connectivity index (χ1) is 10.6. The molecule has 0 aliphatic carbocycles. The van der Waals surface area contributed by atoms with E-state index in [1.165, 1.54) is 0 Å². The number of halogens is 1. The standard InChI is InChI=1S/C17H16IN3O/c1-3-13-16(21-9-5-4-6-15(21)19-13)17(22)20-14-8-7-12(18)10-11(14)2/h4-10H,3H2,1-2H3,(H,20,22). The number of rotatable bonds is 3.